The van der Waals surface area contributed by atoms with Gasteiger partial charge in [0.05, 0.1) is 18.0 Å². The number of nitrogens with one attached hydrogen (secondary N) is 1. The van der Waals surface area contributed by atoms with Gasteiger partial charge >= 0.3 is 0 Å². The highest BCUT2D eigenvalue weighted by molar-refractivity contribution is 7.80. The van der Waals surface area contributed by atoms with Crippen molar-refractivity contribution in [2.75, 3.05) is 27.2 Å². The van der Waals surface area contributed by atoms with Crippen LogP contribution < -0.4 is 5.32 Å². The average Bonchev–Trinajstić information content (AvgIpc) is 3.16. The Morgan fingerprint density at radius 3 is 2.83 bits per heavy atom. The predicted molar refractivity (Wildman–Crippen MR) is 94.0 cm³/mol. The molecule has 23 heavy (non-hydrogen) atoms. The van der Waals surface area contributed by atoms with Crippen LogP contribution in [0.1, 0.15) is 30.0 Å². The Morgan fingerprint density at radius 2 is 2.17 bits per heavy atom. The second kappa shape index (κ2) is 7.10. The lowest BCUT2D eigenvalue weighted by Gasteiger charge is -2.26. The van der Waals surface area contributed by atoms with Gasteiger partial charge in [-0.05, 0) is 63.5 Å². The summed E-state index contributed by atoms with van der Waals surface area (Å²) in [5, 5.41) is 4.18. The van der Waals surface area contributed by atoms with Gasteiger partial charge < -0.3 is 19.5 Å². The maximum absolute atomic E-state index is 5.70. The van der Waals surface area contributed by atoms with Crippen molar-refractivity contribution in [3.05, 3.63) is 54.2 Å². The van der Waals surface area contributed by atoms with Gasteiger partial charge in [-0.15, -0.1) is 0 Å². The molecule has 0 aromatic carbocycles. The molecule has 0 saturated carbocycles. The van der Waals surface area contributed by atoms with Crippen molar-refractivity contribution in [1.29, 1.82) is 0 Å². The molecule has 2 aromatic rings. The molecule has 0 aliphatic carbocycles. The number of hydrogen-bond acceptors (Lipinski definition) is 4. The first-order valence-electron chi connectivity index (χ1n) is 7.83. The molecule has 122 valence electrons. The van der Waals surface area contributed by atoms with Crippen molar-refractivity contribution in [2.24, 2.45) is 0 Å². The van der Waals surface area contributed by atoms with Crippen molar-refractivity contribution < 1.29 is 4.42 Å². The van der Waals surface area contributed by atoms with Crippen molar-refractivity contribution >= 4 is 17.3 Å². The van der Waals surface area contributed by atoms with E-state index in [1.54, 1.807) is 6.26 Å². The van der Waals surface area contributed by atoms with Crippen LogP contribution in [0.5, 0.6) is 0 Å². The van der Waals surface area contributed by atoms with Gasteiger partial charge in [0.25, 0.3) is 0 Å². The summed E-state index contributed by atoms with van der Waals surface area (Å²) in [7, 11) is 4.17. The number of thiocarbonyl (C=S) groups is 1. The minimum absolute atomic E-state index is 0.00852. The molecule has 2 aromatic heterocycles. The number of hydrogen-bond donors (Lipinski definition) is 1. The third-order valence-electron chi connectivity index (χ3n) is 4.04. The molecule has 0 bridgehead atoms. The molecule has 2 atom stereocenters. The Labute approximate surface area is 142 Å². The van der Waals surface area contributed by atoms with E-state index in [-0.39, 0.29) is 12.1 Å². The lowest BCUT2D eigenvalue weighted by atomic mass is 10.0. The molecule has 5 nitrogen and oxygen atoms in total. The number of nitrogens with zero attached hydrogens (tertiary/aromatic N) is 3. The summed E-state index contributed by atoms with van der Waals surface area (Å²) >= 11 is 5.58. The molecule has 6 heteroatoms. The van der Waals surface area contributed by atoms with Crippen LogP contribution in [0, 0.1) is 0 Å². The van der Waals surface area contributed by atoms with E-state index < -0.39 is 0 Å². The maximum Gasteiger partial charge on any atom is 0.170 e. The summed E-state index contributed by atoms with van der Waals surface area (Å²) in [6.07, 6.45) is 4.57. The van der Waals surface area contributed by atoms with Gasteiger partial charge in [-0.3, -0.25) is 4.98 Å². The van der Waals surface area contributed by atoms with Gasteiger partial charge in [-0.2, -0.15) is 0 Å². The second-order valence-electron chi connectivity index (χ2n) is 5.99. The van der Waals surface area contributed by atoms with Crippen molar-refractivity contribution in [2.45, 2.75) is 18.5 Å². The molecule has 3 heterocycles. The fraction of sp³-hybridized carbons (Fsp3) is 0.412. The van der Waals surface area contributed by atoms with Crippen LogP contribution in [0.4, 0.5) is 0 Å². The molecule has 0 amide bonds. The molecular formula is C17H22N4OS. The number of pyridine rings is 1. The van der Waals surface area contributed by atoms with Crippen molar-refractivity contribution in [1.82, 2.24) is 20.1 Å². The summed E-state index contributed by atoms with van der Waals surface area (Å²) in [5.74, 6) is 0.915. The fourth-order valence-electron chi connectivity index (χ4n) is 2.97. The zero-order chi connectivity index (χ0) is 16.2. The van der Waals surface area contributed by atoms with Crippen molar-refractivity contribution in [3.63, 3.8) is 0 Å². The highest BCUT2D eigenvalue weighted by Gasteiger charge is 2.40. The van der Waals surface area contributed by atoms with Gasteiger partial charge in [0.1, 0.15) is 11.8 Å². The van der Waals surface area contributed by atoms with Gasteiger partial charge in [-0.1, -0.05) is 6.07 Å². The largest absolute Gasteiger partial charge is 0.467 e. The van der Waals surface area contributed by atoms with E-state index in [1.165, 1.54) is 0 Å². The third-order valence-corrected chi connectivity index (χ3v) is 4.39. The van der Waals surface area contributed by atoms with E-state index in [0.717, 1.165) is 36.1 Å². The molecule has 0 radical (unpaired) electrons. The SMILES string of the molecule is CN(C)CCCN1C(=S)N[C@@H](c2ccccn2)[C@H]1c1ccco1. The van der Waals surface area contributed by atoms with Crippen LogP contribution >= 0.6 is 12.2 Å². The Morgan fingerprint density at radius 1 is 1.30 bits per heavy atom. The average molecular weight is 330 g/mol. The minimum atomic E-state index is 0.00852. The van der Waals surface area contributed by atoms with E-state index in [2.05, 4.69) is 34.2 Å². The number of aromatic nitrogens is 1. The smallest absolute Gasteiger partial charge is 0.170 e. The van der Waals surface area contributed by atoms with Crippen LogP contribution in [0.2, 0.25) is 0 Å². The Kier molecular flexibility index (Phi) is 4.93. The second-order valence-corrected chi connectivity index (χ2v) is 6.38. The highest BCUT2D eigenvalue weighted by atomic mass is 32.1. The van der Waals surface area contributed by atoms with E-state index in [1.807, 2.05) is 36.5 Å². The normalized spacial score (nSPS) is 21.0. The first kappa shape index (κ1) is 16.0. The Balaban J connectivity index is 1.85. The molecule has 0 unspecified atom stereocenters. The fourth-order valence-corrected chi connectivity index (χ4v) is 3.30. The van der Waals surface area contributed by atoms with Crippen molar-refractivity contribution in [3.8, 4) is 0 Å². The predicted octanol–water partition coefficient (Wildman–Crippen LogP) is 2.60. The van der Waals surface area contributed by atoms with Gasteiger partial charge in [0, 0.05) is 12.7 Å². The van der Waals surface area contributed by atoms with E-state index >= 15 is 0 Å². The van der Waals surface area contributed by atoms with Gasteiger partial charge in [0.15, 0.2) is 5.11 Å². The first-order chi connectivity index (χ1) is 11.2. The molecular weight excluding hydrogens is 308 g/mol. The topological polar surface area (TPSA) is 44.5 Å². The monoisotopic (exact) mass is 330 g/mol. The lowest BCUT2D eigenvalue weighted by molar-refractivity contribution is 0.259. The molecule has 1 fully saturated rings. The molecule has 1 aliphatic heterocycles. The zero-order valence-corrected chi connectivity index (χ0v) is 14.3. The third kappa shape index (κ3) is 3.54. The summed E-state index contributed by atoms with van der Waals surface area (Å²) in [6.45, 7) is 1.91. The van der Waals surface area contributed by atoms with E-state index in [9.17, 15) is 0 Å². The minimum Gasteiger partial charge on any atom is -0.467 e. The van der Waals surface area contributed by atoms with Crippen LogP contribution in [0.3, 0.4) is 0 Å². The van der Waals surface area contributed by atoms with Gasteiger partial charge in [-0.25, -0.2) is 0 Å². The zero-order valence-electron chi connectivity index (χ0n) is 13.5. The van der Waals surface area contributed by atoms with Crippen LogP contribution in [-0.2, 0) is 0 Å². The van der Waals surface area contributed by atoms with E-state index in [4.69, 9.17) is 16.6 Å². The maximum atomic E-state index is 5.70. The Bertz CT molecular complexity index is 629. The Hall–Kier alpha value is -1.92. The summed E-state index contributed by atoms with van der Waals surface area (Å²) in [5.41, 5.74) is 0.978. The molecule has 1 N–H and O–H groups in total. The standard InChI is InChI=1S/C17H22N4OS/c1-20(2)10-6-11-21-16(14-8-5-12-22-14)15(19-17(21)23)13-7-3-4-9-18-13/h3-5,7-9,12,15-16H,6,10-11H2,1-2H3,(H,19,23)/t15-,16+/m0/s1. The summed E-state index contributed by atoms with van der Waals surface area (Å²) in [6, 6.07) is 9.93. The van der Waals surface area contributed by atoms with Crippen LogP contribution in [-0.4, -0.2) is 47.1 Å². The van der Waals surface area contributed by atoms with E-state index in [0.29, 0.717) is 0 Å². The first-order valence-corrected chi connectivity index (χ1v) is 8.24. The summed E-state index contributed by atoms with van der Waals surface area (Å²) in [4.78, 5) is 8.90. The van der Waals surface area contributed by atoms with Crippen LogP contribution in [0.25, 0.3) is 0 Å². The number of rotatable bonds is 6. The molecule has 1 saturated heterocycles. The number of furan rings is 1. The van der Waals surface area contributed by atoms with Crippen LogP contribution in [0.15, 0.2) is 47.2 Å². The molecule has 3 rings (SSSR count). The van der Waals surface area contributed by atoms with Gasteiger partial charge in [0.2, 0.25) is 0 Å². The molecule has 1 aliphatic rings. The highest BCUT2D eigenvalue weighted by Crippen LogP contribution is 2.38. The quantitative estimate of drug-likeness (QED) is 0.822. The lowest BCUT2D eigenvalue weighted by Crippen LogP contribution is -2.32. The summed E-state index contributed by atoms with van der Waals surface area (Å²) < 4.78 is 5.70. The molecule has 0 spiro atoms.